The third-order valence-electron chi connectivity index (χ3n) is 7.53. The van der Waals surface area contributed by atoms with Crippen LogP contribution in [0.1, 0.15) is 113 Å². The maximum Gasteiger partial charge on any atom is 0.426 e. The Kier molecular flexibility index (Phi) is 13.7. The average molecular weight is 587 g/mol. The zero-order chi connectivity index (χ0) is 30.3. The van der Waals surface area contributed by atoms with Crippen LogP contribution in [-0.2, 0) is 25.1 Å². The second kappa shape index (κ2) is 17.2. The Morgan fingerprint density at radius 1 is 0.429 bits per heavy atom. The summed E-state index contributed by atoms with van der Waals surface area (Å²) in [6.45, 7) is 4.37. The molecular weight excluding hydrogens is 540 g/mol. The number of unbranched alkanes of at least 4 members (excludes halogenated alkanes) is 10. The van der Waals surface area contributed by atoms with Gasteiger partial charge in [-0.3, -0.25) is 0 Å². The molecule has 0 heterocycles. The van der Waals surface area contributed by atoms with Crippen LogP contribution in [-0.4, -0.2) is 0 Å². The van der Waals surface area contributed by atoms with Crippen LogP contribution in [0.2, 0.25) is 0 Å². The van der Waals surface area contributed by atoms with E-state index in [4.69, 9.17) is 9.47 Å². The molecule has 0 bridgehead atoms. The first-order chi connectivity index (χ1) is 20.2. The summed E-state index contributed by atoms with van der Waals surface area (Å²) in [5, 5.41) is 0. The van der Waals surface area contributed by atoms with Crippen molar-refractivity contribution in [1.29, 1.82) is 0 Å². The first-order valence-electron chi connectivity index (χ1n) is 15.7. The molecule has 3 aromatic rings. The molecule has 3 aromatic carbocycles. The third kappa shape index (κ3) is 11.3. The van der Waals surface area contributed by atoms with Gasteiger partial charge in [0.15, 0.2) is 0 Å². The van der Waals surface area contributed by atoms with Crippen LogP contribution in [0.5, 0.6) is 11.5 Å². The zero-order valence-electron chi connectivity index (χ0n) is 25.2. The van der Waals surface area contributed by atoms with E-state index in [1.165, 1.54) is 75.6 Å². The fourth-order valence-electron chi connectivity index (χ4n) is 4.94. The van der Waals surface area contributed by atoms with E-state index >= 15 is 0 Å². The van der Waals surface area contributed by atoms with E-state index in [-0.39, 0.29) is 11.5 Å². The molecule has 0 aliphatic rings. The zero-order valence-corrected chi connectivity index (χ0v) is 25.2. The number of alkyl halides is 4. The third-order valence-corrected chi connectivity index (χ3v) is 7.53. The standard InChI is InChI=1S/C36H46F4O2/c1-3-5-7-9-10-12-14-16-30-19-27-34(28-20-30)42-36(39,40)32-23-21-31(22-24-32)35(37,38)41-33-25-17-29(18-26-33)15-13-11-8-6-4-2/h17-28H,3-16H2,1-2H3. The van der Waals surface area contributed by atoms with E-state index in [0.29, 0.717) is 0 Å². The van der Waals surface area contributed by atoms with Gasteiger partial charge in [0, 0.05) is 0 Å². The highest BCUT2D eigenvalue weighted by atomic mass is 19.3. The van der Waals surface area contributed by atoms with Crippen LogP contribution in [0, 0.1) is 0 Å². The van der Waals surface area contributed by atoms with E-state index in [1.54, 1.807) is 24.3 Å². The first-order valence-corrected chi connectivity index (χ1v) is 15.7. The highest BCUT2D eigenvalue weighted by Gasteiger charge is 2.38. The lowest BCUT2D eigenvalue weighted by Gasteiger charge is -2.21. The quantitative estimate of drug-likeness (QED) is 0.0968. The largest absolute Gasteiger partial charge is 0.429 e. The van der Waals surface area contributed by atoms with Gasteiger partial charge in [-0.05, 0) is 85.3 Å². The van der Waals surface area contributed by atoms with E-state index in [0.717, 1.165) is 73.9 Å². The average Bonchev–Trinajstić information content (AvgIpc) is 2.98. The van der Waals surface area contributed by atoms with E-state index < -0.39 is 23.3 Å². The van der Waals surface area contributed by atoms with Crippen LogP contribution in [0.4, 0.5) is 17.6 Å². The van der Waals surface area contributed by atoms with Gasteiger partial charge in [-0.1, -0.05) is 102 Å². The van der Waals surface area contributed by atoms with Crippen LogP contribution in [0.15, 0.2) is 72.8 Å². The summed E-state index contributed by atoms with van der Waals surface area (Å²) < 4.78 is 69.2. The van der Waals surface area contributed by atoms with Gasteiger partial charge >= 0.3 is 12.2 Å². The highest BCUT2D eigenvalue weighted by Crippen LogP contribution is 2.36. The molecule has 0 aliphatic carbocycles. The molecule has 0 spiro atoms. The molecular formula is C36H46F4O2. The van der Waals surface area contributed by atoms with Crippen LogP contribution in [0.25, 0.3) is 0 Å². The lowest BCUT2D eigenvalue weighted by molar-refractivity contribution is -0.188. The monoisotopic (exact) mass is 586 g/mol. The summed E-state index contributed by atoms with van der Waals surface area (Å²) in [4.78, 5) is 0. The maximum absolute atomic E-state index is 14.8. The summed E-state index contributed by atoms with van der Waals surface area (Å²) in [7, 11) is 0. The van der Waals surface area contributed by atoms with E-state index in [1.807, 2.05) is 0 Å². The second-order valence-electron chi connectivity index (χ2n) is 11.1. The number of ether oxygens (including phenoxy) is 2. The fraction of sp³-hybridized carbons (Fsp3) is 0.500. The van der Waals surface area contributed by atoms with Gasteiger partial charge in [0.1, 0.15) is 11.5 Å². The minimum Gasteiger partial charge on any atom is -0.429 e. The van der Waals surface area contributed by atoms with Crippen molar-refractivity contribution in [2.45, 2.75) is 116 Å². The first kappa shape index (κ1) is 33.5. The van der Waals surface area contributed by atoms with Crippen molar-refractivity contribution in [2.24, 2.45) is 0 Å². The van der Waals surface area contributed by atoms with E-state index in [2.05, 4.69) is 13.8 Å². The summed E-state index contributed by atoms with van der Waals surface area (Å²) in [5.74, 6) is 0.0355. The van der Waals surface area contributed by atoms with Crippen molar-refractivity contribution in [1.82, 2.24) is 0 Å². The highest BCUT2D eigenvalue weighted by molar-refractivity contribution is 5.32. The predicted octanol–water partition coefficient (Wildman–Crippen LogP) is 11.7. The molecule has 42 heavy (non-hydrogen) atoms. The van der Waals surface area contributed by atoms with Crippen molar-refractivity contribution in [2.75, 3.05) is 0 Å². The number of hydrogen-bond acceptors (Lipinski definition) is 2. The number of hydrogen-bond donors (Lipinski definition) is 0. The Balaban J connectivity index is 1.49. The molecule has 0 aromatic heterocycles. The summed E-state index contributed by atoms with van der Waals surface area (Å²) in [5.41, 5.74) is 1.11. The van der Waals surface area contributed by atoms with Crippen molar-refractivity contribution < 1.29 is 27.0 Å². The molecule has 0 aliphatic heterocycles. The summed E-state index contributed by atoms with van der Waals surface area (Å²) in [6, 6.07) is 17.0. The van der Waals surface area contributed by atoms with Crippen molar-refractivity contribution in [3.8, 4) is 11.5 Å². The number of halogens is 4. The Labute approximate surface area is 249 Å². The maximum atomic E-state index is 14.8. The molecule has 0 saturated carbocycles. The molecule has 0 saturated heterocycles. The molecule has 230 valence electrons. The van der Waals surface area contributed by atoms with Crippen LogP contribution in [0.3, 0.4) is 0 Å². The summed E-state index contributed by atoms with van der Waals surface area (Å²) in [6.07, 6.45) is 8.74. The molecule has 2 nitrogen and oxygen atoms in total. The van der Waals surface area contributed by atoms with Gasteiger partial charge in [-0.25, -0.2) is 0 Å². The van der Waals surface area contributed by atoms with Gasteiger partial charge < -0.3 is 9.47 Å². The number of benzene rings is 3. The van der Waals surface area contributed by atoms with Crippen molar-refractivity contribution >= 4 is 0 Å². The van der Waals surface area contributed by atoms with Crippen molar-refractivity contribution in [3.63, 3.8) is 0 Å². The van der Waals surface area contributed by atoms with Gasteiger partial charge in [-0.2, -0.15) is 17.6 Å². The molecule has 0 N–H and O–H groups in total. The van der Waals surface area contributed by atoms with Gasteiger partial charge in [0.05, 0.1) is 11.1 Å². The Morgan fingerprint density at radius 2 is 0.738 bits per heavy atom. The van der Waals surface area contributed by atoms with E-state index in [9.17, 15) is 17.6 Å². The van der Waals surface area contributed by atoms with Crippen molar-refractivity contribution in [3.05, 3.63) is 95.1 Å². The van der Waals surface area contributed by atoms with Gasteiger partial charge in [0.2, 0.25) is 0 Å². The molecule has 6 heteroatoms. The lowest BCUT2D eigenvalue weighted by atomic mass is 10.0. The Morgan fingerprint density at radius 3 is 1.07 bits per heavy atom. The number of aryl methyl sites for hydroxylation is 2. The molecule has 0 radical (unpaired) electrons. The molecule has 3 rings (SSSR count). The topological polar surface area (TPSA) is 18.5 Å². The Hall–Kier alpha value is -3.02. The SMILES string of the molecule is CCCCCCCCCc1ccc(OC(F)(F)c2ccc(C(F)(F)Oc3ccc(CCCCCCC)cc3)cc2)cc1. The smallest absolute Gasteiger partial charge is 0.426 e. The van der Waals surface area contributed by atoms with Gasteiger partial charge in [-0.15, -0.1) is 0 Å². The molecule has 0 fully saturated rings. The van der Waals surface area contributed by atoms with Gasteiger partial charge in [0.25, 0.3) is 0 Å². The molecule has 0 unspecified atom stereocenters. The number of rotatable bonds is 20. The predicted molar refractivity (Wildman–Crippen MR) is 163 cm³/mol. The normalized spacial score (nSPS) is 12.0. The minimum atomic E-state index is -3.68. The lowest BCUT2D eigenvalue weighted by Crippen LogP contribution is -2.24. The Bertz CT molecular complexity index is 1140. The van der Waals surface area contributed by atoms with Crippen LogP contribution < -0.4 is 9.47 Å². The molecule has 0 amide bonds. The summed E-state index contributed by atoms with van der Waals surface area (Å²) >= 11 is 0. The van der Waals surface area contributed by atoms with Crippen LogP contribution >= 0.6 is 0 Å². The fourth-order valence-corrected chi connectivity index (χ4v) is 4.94. The minimum absolute atomic E-state index is 0.0166. The molecule has 0 atom stereocenters. The second-order valence-corrected chi connectivity index (χ2v) is 11.1.